The standard InChI is InChI=1S/C12H18N2/c1-13-9-11-7-8-14(10-11)12-5-3-2-4-6-12/h2-6,11,13H,7-10H2,1H3/t11-/m1/s1. The molecule has 0 unspecified atom stereocenters. The second-order valence-corrected chi connectivity index (χ2v) is 3.99. The Bertz CT molecular complexity index is 271. The molecular weight excluding hydrogens is 172 g/mol. The van der Waals surface area contributed by atoms with E-state index in [1.54, 1.807) is 0 Å². The fourth-order valence-electron chi connectivity index (χ4n) is 2.16. The maximum atomic E-state index is 3.25. The number of hydrogen-bond donors (Lipinski definition) is 1. The van der Waals surface area contributed by atoms with Crippen molar-refractivity contribution in [1.29, 1.82) is 0 Å². The summed E-state index contributed by atoms with van der Waals surface area (Å²) in [4.78, 5) is 2.47. The van der Waals surface area contributed by atoms with Gasteiger partial charge in [0, 0.05) is 18.8 Å². The van der Waals surface area contributed by atoms with Crippen molar-refractivity contribution in [3.8, 4) is 0 Å². The van der Waals surface area contributed by atoms with E-state index in [1.165, 1.54) is 25.2 Å². The van der Waals surface area contributed by atoms with E-state index in [0.717, 1.165) is 12.5 Å². The van der Waals surface area contributed by atoms with Crippen molar-refractivity contribution in [3.05, 3.63) is 30.3 Å². The van der Waals surface area contributed by atoms with E-state index in [2.05, 4.69) is 40.5 Å². The molecule has 1 heterocycles. The van der Waals surface area contributed by atoms with Crippen molar-refractivity contribution in [2.75, 3.05) is 31.6 Å². The first kappa shape index (κ1) is 9.53. The van der Waals surface area contributed by atoms with Gasteiger partial charge in [0.1, 0.15) is 0 Å². The predicted octanol–water partition coefficient (Wildman–Crippen LogP) is 1.73. The number of benzene rings is 1. The largest absolute Gasteiger partial charge is 0.371 e. The zero-order chi connectivity index (χ0) is 9.80. The molecule has 1 N–H and O–H groups in total. The smallest absolute Gasteiger partial charge is 0.0366 e. The predicted molar refractivity (Wildman–Crippen MR) is 60.7 cm³/mol. The van der Waals surface area contributed by atoms with Gasteiger partial charge in [0.15, 0.2) is 0 Å². The molecule has 1 fully saturated rings. The van der Waals surface area contributed by atoms with E-state index in [-0.39, 0.29) is 0 Å². The van der Waals surface area contributed by atoms with Crippen molar-refractivity contribution >= 4 is 5.69 Å². The highest BCUT2D eigenvalue weighted by Gasteiger charge is 2.21. The van der Waals surface area contributed by atoms with Crippen molar-refractivity contribution in [2.45, 2.75) is 6.42 Å². The molecule has 1 aliphatic rings. The number of nitrogens with zero attached hydrogens (tertiary/aromatic N) is 1. The average molecular weight is 190 g/mol. The zero-order valence-corrected chi connectivity index (χ0v) is 8.74. The Balaban J connectivity index is 1.96. The van der Waals surface area contributed by atoms with Gasteiger partial charge in [-0.2, -0.15) is 0 Å². The third kappa shape index (κ3) is 2.07. The highest BCUT2D eigenvalue weighted by atomic mass is 15.2. The van der Waals surface area contributed by atoms with Gasteiger partial charge in [0.05, 0.1) is 0 Å². The van der Waals surface area contributed by atoms with Crippen LogP contribution in [0.3, 0.4) is 0 Å². The maximum Gasteiger partial charge on any atom is 0.0366 e. The summed E-state index contributed by atoms with van der Waals surface area (Å²) in [5.74, 6) is 0.820. The molecule has 0 saturated carbocycles. The minimum absolute atomic E-state index is 0.820. The van der Waals surface area contributed by atoms with E-state index in [0.29, 0.717) is 0 Å². The first-order chi connectivity index (χ1) is 6.90. The molecule has 0 aliphatic carbocycles. The molecule has 0 bridgehead atoms. The van der Waals surface area contributed by atoms with Crippen molar-refractivity contribution in [2.24, 2.45) is 5.92 Å². The van der Waals surface area contributed by atoms with E-state index >= 15 is 0 Å². The van der Waals surface area contributed by atoms with Crippen LogP contribution in [-0.2, 0) is 0 Å². The number of nitrogens with one attached hydrogen (secondary N) is 1. The minimum atomic E-state index is 0.820. The summed E-state index contributed by atoms with van der Waals surface area (Å²) in [6.45, 7) is 3.55. The van der Waals surface area contributed by atoms with E-state index in [1.807, 2.05) is 7.05 Å². The van der Waals surface area contributed by atoms with E-state index < -0.39 is 0 Å². The van der Waals surface area contributed by atoms with Crippen LogP contribution in [-0.4, -0.2) is 26.7 Å². The first-order valence-corrected chi connectivity index (χ1v) is 5.35. The van der Waals surface area contributed by atoms with E-state index in [4.69, 9.17) is 0 Å². The summed E-state index contributed by atoms with van der Waals surface area (Å²) in [6, 6.07) is 10.7. The fraction of sp³-hybridized carbons (Fsp3) is 0.500. The lowest BCUT2D eigenvalue weighted by Gasteiger charge is -2.18. The van der Waals surface area contributed by atoms with Gasteiger partial charge in [0.2, 0.25) is 0 Å². The summed E-state index contributed by atoms with van der Waals surface area (Å²) in [5.41, 5.74) is 1.37. The molecular formula is C12H18N2. The number of hydrogen-bond acceptors (Lipinski definition) is 2. The van der Waals surface area contributed by atoms with Crippen LogP contribution in [0.15, 0.2) is 30.3 Å². The van der Waals surface area contributed by atoms with Gasteiger partial charge in [-0.05, 0) is 38.1 Å². The second kappa shape index (κ2) is 4.47. The van der Waals surface area contributed by atoms with Crippen molar-refractivity contribution < 1.29 is 0 Å². The molecule has 2 nitrogen and oxygen atoms in total. The number of para-hydroxylation sites is 1. The molecule has 14 heavy (non-hydrogen) atoms. The molecule has 0 radical (unpaired) electrons. The Morgan fingerprint density at radius 2 is 2.14 bits per heavy atom. The van der Waals surface area contributed by atoms with Crippen LogP contribution in [0, 0.1) is 5.92 Å². The Kier molecular flexibility index (Phi) is 3.04. The Labute approximate surface area is 85.9 Å². The second-order valence-electron chi connectivity index (χ2n) is 3.99. The zero-order valence-electron chi connectivity index (χ0n) is 8.74. The van der Waals surface area contributed by atoms with Gasteiger partial charge in [-0.25, -0.2) is 0 Å². The van der Waals surface area contributed by atoms with Crippen LogP contribution in [0.2, 0.25) is 0 Å². The Hall–Kier alpha value is -1.02. The SMILES string of the molecule is CNC[C@H]1CCN(c2ccccc2)C1. The molecule has 76 valence electrons. The van der Waals surface area contributed by atoms with Crippen LogP contribution in [0.1, 0.15) is 6.42 Å². The Morgan fingerprint density at radius 1 is 1.36 bits per heavy atom. The van der Waals surface area contributed by atoms with Crippen molar-refractivity contribution in [3.63, 3.8) is 0 Å². The highest BCUT2D eigenvalue weighted by molar-refractivity contribution is 5.46. The number of rotatable bonds is 3. The van der Waals surface area contributed by atoms with Gasteiger partial charge >= 0.3 is 0 Å². The highest BCUT2D eigenvalue weighted by Crippen LogP contribution is 2.22. The molecule has 1 aliphatic heterocycles. The van der Waals surface area contributed by atoms with Crippen molar-refractivity contribution in [1.82, 2.24) is 5.32 Å². The fourth-order valence-corrected chi connectivity index (χ4v) is 2.16. The van der Waals surface area contributed by atoms with Gasteiger partial charge in [-0.15, -0.1) is 0 Å². The van der Waals surface area contributed by atoms with Gasteiger partial charge in [-0.3, -0.25) is 0 Å². The lowest BCUT2D eigenvalue weighted by molar-refractivity contribution is 0.549. The monoisotopic (exact) mass is 190 g/mol. The van der Waals surface area contributed by atoms with Crippen LogP contribution >= 0.6 is 0 Å². The normalized spacial score (nSPS) is 21.5. The summed E-state index contributed by atoms with van der Waals surface area (Å²) < 4.78 is 0. The van der Waals surface area contributed by atoms with E-state index in [9.17, 15) is 0 Å². The lowest BCUT2D eigenvalue weighted by Crippen LogP contribution is -2.24. The maximum absolute atomic E-state index is 3.25. The van der Waals surface area contributed by atoms with Crippen LogP contribution in [0.25, 0.3) is 0 Å². The third-order valence-electron chi connectivity index (χ3n) is 2.90. The summed E-state index contributed by atoms with van der Waals surface area (Å²) >= 11 is 0. The van der Waals surface area contributed by atoms with Gasteiger partial charge in [0.25, 0.3) is 0 Å². The lowest BCUT2D eigenvalue weighted by atomic mass is 10.1. The first-order valence-electron chi connectivity index (χ1n) is 5.35. The summed E-state index contributed by atoms with van der Waals surface area (Å²) in [5, 5.41) is 3.25. The number of anilines is 1. The molecule has 0 aromatic heterocycles. The molecule has 2 heteroatoms. The average Bonchev–Trinajstić information content (AvgIpc) is 2.68. The summed E-state index contributed by atoms with van der Waals surface area (Å²) in [6.07, 6.45) is 1.32. The molecule has 1 aromatic rings. The molecule has 0 spiro atoms. The molecule has 1 atom stereocenters. The molecule has 1 aromatic carbocycles. The third-order valence-corrected chi connectivity index (χ3v) is 2.90. The molecule has 2 rings (SSSR count). The minimum Gasteiger partial charge on any atom is -0.371 e. The van der Waals surface area contributed by atoms with Gasteiger partial charge < -0.3 is 10.2 Å². The van der Waals surface area contributed by atoms with Crippen LogP contribution in [0.4, 0.5) is 5.69 Å². The molecule has 0 amide bonds. The molecule has 1 saturated heterocycles. The Morgan fingerprint density at radius 3 is 2.86 bits per heavy atom. The van der Waals surface area contributed by atoms with Crippen LogP contribution < -0.4 is 10.2 Å². The summed E-state index contributed by atoms with van der Waals surface area (Å²) in [7, 11) is 2.03. The van der Waals surface area contributed by atoms with Gasteiger partial charge in [-0.1, -0.05) is 18.2 Å². The topological polar surface area (TPSA) is 15.3 Å². The van der Waals surface area contributed by atoms with Crippen LogP contribution in [0.5, 0.6) is 0 Å². The quantitative estimate of drug-likeness (QED) is 0.781.